The number of carbonyl (C=O) groups is 2. The highest BCUT2D eigenvalue weighted by atomic mass is 35.5. The highest BCUT2D eigenvalue weighted by Gasteiger charge is 2.40. The minimum atomic E-state index is -0.842. The van der Waals surface area contributed by atoms with Crippen molar-refractivity contribution in [3.8, 4) is 0 Å². The average molecular weight is 323 g/mol. The van der Waals surface area contributed by atoms with E-state index in [-0.39, 0.29) is 30.8 Å². The molecule has 0 unspecified atom stereocenters. The molecule has 7 heteroatoms. The number of hydrogen-bond acceptors (Lipinski definition) is 5. The molecule has 0 aliphatic heterocycles. The lowest BCUT2D eigenvalue weighted by Crippen LogP contribution is -2.56. The number of esters is 1. The summed E-state index contributed by atoms with van der Waals surface area (Å²) in [6, 6.07) is 0. The molecule has 0 saturated heterocycles. The lowest BCUT2D eigenvalue weighted by atomic mass is 9.90. The second-order valence-electron chi connectivity index (χ2n) is 5.21. The molecule has 0 radical (unpaired) electrons. The Kier molecular flexibility index (Phi) is 10.4. The molecule has 1 fully saturated rings. The van der Waals surface area contributed by atoms with Gasteiger partial charge in [-0.25, -0.2) is 4.79 Å². The van der Waals surface area contributed by atoms with E-state index in [9.17, 15) is 9.59 Å². The number of ether oxygens (including phenoxy) is 2. The van der Waals surface area contributed by atoms with Gasteiger partial charge >= 0.3 is 5.97 Å². The first-order valence-corrected chi connectivity index (χ1v) is 7.24. The van der Waals surface area contributed by atoms with Gasteiger partial charge in [-0.1, -0.05) is 25.7 Å². The molecule has 1 amide bonds. The SMILES string of the molecule is COCCNCC(=O)NC1(C(=O)OC)CCCCCC1.Cl. The quantitative estimate of drug-likeness (QED) is 0.416. The Morgan fingerprint density at radius 1 is 1.10 bits per heavy atom. The van der Waals surface area contributed by atoms with Crippen molar-refractivity contribution in [2.75, 3.05) is 33.9 Å². The summed E-state index contributed by atoms with van der Waals surface area (Å²) in [7, 11) is 2.98. The second kappa shape index (κ2) is 10.8. The maximum atomic E-state index is 12.1. The molecule has 124 valence electrons. The van der Waals surface area contributed by atoms with Gasteiger partial charge in [0, 0.05) is 13.7 Å². The number of nitrogens with one attached hydrogen (secondary N) is 2. The normalized spacial score (nSPS) is 17.2. The molecule has 1 aliphatic carbocycles. The van der Waals surface area contributed by atoms with E-state index in [1.807, 2.05) is 0 Å². The van der Waals surface area contributed by atoms with Crippen LogP contribution in [0.1, 0.15) is 38.5 Å². The molecule has 0 atom stereocenters. The lowest BCUT2D eigenvalue weighted by Gasteiger charge is -2.31. The molecule has 6 nitrogen and oxygen atoms in total. The van der Waals surface area contributed by atoms with Gasteiger partial charge in [0.1, 0.15) is 5.54 Å². The summed E-state index contributed by atoms with van der Waals surface area (Å²) in [5.74, 6) is -0.502. The maximum Gasteiger partial charge on any atom is 0.331 e. The predicted molar refractivity (Wildman–Crippen MR) is 82.6 cm³/mol. The van der Waals surface area contributed by atoms with Crippen molar-refractivity contribution in [3.63, 3.8) is 0 Å². The van der Waals surface area contributed by atoms with Crippen LogP contribution in [0.25, 0.3) is 0 Å². The topological polar surface area (TPSA) is 76.7 Å². The Hall–Kier alpha value is -0.850. The molecule has 0 spiro atoms. The number of methoxy groups -OCH3 is 2. The molecular weight excluding hydrogens is 296 g/mol. The first-order chi connectivity index (χ1) is 9.64. The fourth-order valence-corrected chi connectivity index (χ4v) is 2.59. The largest absolute Gasteiger partial charge is 0.467 e. The van der Waals surface area contributed by atoms with E-state index >= 15 is 0 Å². The number of carbonyl (C=O) groups excluding carboxylic acids is 2. The second-order valence-corrected chi connectivity index (χ2v) is 5.21. The molecule has 0 bridgehead atoms. The molecule has 1 rings (SSSR count). The van der Waals surface area contributed by atoms with Crippen LogP contribution in [-0.4, -0.2) is 51.3 Å². The summed E-state index contributed by atoms with van der Waals surface area (Å²) in [6.45, 7) is 1.34. The summed E-state index contributed by atoms with van der Waals surface area (Å²) >= 11 is 0. The Balaban J connectivity index is 0.00000400. The summed E-state index contributed by atoms with van der Waals surface area (Å²) in [5.41, 5.74) is -0.842. The number of amides is 1. The molecule has 1 aliphatic rings. The minimum absolute atomic E-state index is 0. The van der Waals surface area contributed by atoms with Crippen molar-refractivity contribution in [3.05, 3.63) is 0 Å². The van der Waals surface area contributed by atoms with Crippen LogP contribution >= 0.6 is 12.4 Å². The first kappa shape index (κ1) is 20.1. The number of rotatable bonds is 7. The molecule has 2 N–H and O–H groups in total. The Morgan fingerprint density at radius 3 is 2.24 bits per heavy atom. The Labute approximate surface area is 132 Å². The maximum absolute atomic E-state index is 12.1. The van der Waals surface area contributed by atoms with Crippen molar-refractivity contribution in [1.29, 1.82) is 0 Å². The van der Waals surface area contributed by atoms with Gasteiger partial charge in [-0.2, -0.15) is 0 Å². The fraction of sp³-hybridized carbons (Fsp3) is 0.857. The number of hydrogen-bond donors (Lipinski definition) is 2. The minimum Gasteiger partial charge on any atom is -0.467 e. The highest BCUT2D eigenvalue weighted by molar-refractivity contribution is 5.88. The lowest BCUT2D eigenvalue weighted by molar-refractivity contribution is -0.151. The Bertz CT molecular complexity index is 318. The van der Waals surface area contributed by atoms with Gasteiger partial charge in [-0.3, -0.25) is 4.79 Å². The van der Waals surface area contributed by atoms with Crippen LogP contribution in [0.3, 0.4) is 0 Å². The molecule has 0 aromatic carbocycles. The van der Waals surface area contributed by atoms with Gasteiger partial charge < -0.3 is 20.1 Å². The third-order valence-corrected chi connectivity index (χ3v) is 3.68. The molecule has 21 heavy (non-hydrogen) atoms. The van der Waals surface area contributed by atoms with Crippen molar-refractivity contribution in [2.24, 2.45) is 0 Å². The van der Waals surface area contributed by atoms with Crippen LogP contribution in [0, 0.1) is 0 Å². The first-order valence-electron chi connectivity index (χ1n) is 7.24. The van der Waals surface area contributed by atoms with Crippen molar-refractivity contribution in [1.82, 2.24) is 10.6 Å². The summed E-state index contributed by atoms with van der Waals surface area (Å²) < 4.78 is 9.80. The van der Waals surface area contributed by atoms with Gasteiger partial charge in [-0.15, -0.1) is 12.4 Å². The smallest absolute Gasteiger partial charge is 0.331 e. The van der Waals surface area contributed by atoms with Crippen molar-refractivity contribution < 1.29 is 19.1 Å². The molecule has 0 aromatic rings. The zero-order valence-electron chi connectivity index (χ0n) is 12.9. The van der Waals surface area contributed by atoms with E-state index in [4.69, 9.17) is 9.47 Å². The van der Waals surface area contributed by atoms with Gasteiger partial charge in [0.15, 0.2) is 0 Å². The summed E-state index contributed by atoms with van der Waals surface area (Å²) in [5, 5.41) is 5.86. The van der Waals surface area contributed by atoms with E-state index in [1.54, 1.807) is 7.11 Å². The van der Waals surface area contributed by atoms with Crippen LogP contribution in [0.2, 0.25) is 0 Å². The van der Waals surface area contributed by atoms with Crippen LogP contribution < -0.4 is 10.6 Å². The third kappa shape index (κ3) is 6.63. The molecule has 1 saturated carbocycles. The predicted octanol–water partition coefficient (Wildman–Crippen LogP) is 1.03. The van der Waals surface area contributed by atoms with Crippen molar-refractivity contribution >= 4 is 24.3 Å². The van der Waals surface area contributed by atoms with E-state index in [2.05, 4.69) is 10.6 Å². The van der Waals surface area contributed by atoms with E-state index in [0.29, 0.717) is 26.0 Å². The third-order valence-electron chi connectivity index (χ3n) is 3.68. The van der Waals surface area contributed by atoms with Crippen LogP contribution in [-0.2, 0) is 19.1 Å². The molecule has 0 aromatic heterocycles. The highest BCUT2D eigenvalue weighted by Crippen LogP contribution is 2.28. The molecular formula is C14H27ClN2O4. The van der Waals surface area contributed by atoms with Gasteiger partial charge in [0.05, 0.1) is 20.3 Å². The monoisotopic (exact) mass is 322 g/mol. The van der Waals surface area contributed by atoms with Crippen LogP contribution in [0.5, 0.6) is 0 Å². The van der Waals surface area contributed by atoms with Crippen LogP contribution in [0.4, 0.5) is 0 Å². The van der Waals surface area contributed by atoms with Gasteiger partial charge in [0.2, 0.25) is 5.91 Å². The van der Waals surface area contributed by atoms with E-state index in [0.717, 1.165) is 25.7 Å². The molecule has 0 heterocycles. The Morgan fingerprint density at radius 2 is 1.71 bits per heavy atom. The van der Waals surface area contributed by atoms with Crippen molar-refractivity contribution in [2.45, 2.75) is 44.1 Å². The number of halogens is 1. The summed E-state index contributed by atoms with van der Waals surface area (Å²) in [6.07, 6.45) is 5.38. The van der Waals surface area contributed by atoms with Gasteiger partial charge in [0.25, 0.3) is 0 Å². The standard InChI is InChI=1S/C14H26N2O4.ClH/c1-19-10-9-15-11-12(17)16-14(13(18)20-2)7-5-3-4-6-8-14;/h15H,3-11H2,1-2H3,(H,16,17);1H. The summed E-state index contributed by atoms with van der Waals surface area (Å²) in [4.78, 5) is 24.1. The van der Waals surface area contributed by atoms with Crippen LogP contribution in [0.15, 0.2) is 0 Å². The van der Waals surface area contributed by atoms with E-state index in [1.165, 1.54) is 7.11 Å². The van der Waals surface area contributed by atoms with E-state index < -0.39 is 5.54 Å². The fourth-order valence-electron chi connectivity index (χ4n) is 2.59. The average Bonchev–Trinajstić information content (AvgIpc) is 2.69. The zero-order valence-corrected chi connectivity index (χ0v) is 13.7. The van der Waals surface area contributed by atoms with Gasteiger partial charge in [-0.05, 0) is 12.8 Å². The zero-order chi connectivity index (χ0) is 14.8.